The van der Waals surface area contributed by atoms with Crippen LogP contribution in [0.2, 0.25) is 0 Å². The van der Waals surface area contributed by atoms with E-state index in [0.29, 0.717) is 18.8 Å². The molecule has 1 atom stereocenters. The van der Waals surface area contributed by atoms with E-state index in [1.165, 1.54) is 6.42 Å². The summed E-state index contributed by atoms with van der Waals surface area (Å²) >= 11 is 0. The molecule has 8 heteroatoms. The van der Waals surface area contributed by atoms with Crippen molar-refractivity contribution < 1.29 is 14.3 Å². The van der Waals surface area contributed by atoms with E-state index in [-0.39, 0.29) is 18.2 Å². The summed E-state index contributed by atoms with van der Waals surface area (Å²) in [4.78, 5) is 27.1. The largest absolute Gasteiger partial charge is 0.494 e. The van der Waals surface area contributed by atoms with E-state index >= 15 is 0 Å². The number of anilines is 2. The van der Waals surface area contributed by atoms with Crippen LogP contribution in [0.4, 0.5) is 11.4 Å². The fraction of sp³-hybridized carbons (Fsp3) is 0.385. The van der Waals surface area contributed by atoms with Gasteiger partial charge in [0, 0.05) is 42.9 Å². The summed E-state index contributed by atoms with van der Waals surface area (Å²) in [5.41, 5.74) is 2.47. The summed E-state index contributed by atoms with van der Waals surface area (Å²) in [6, 6.07) is 15.1. The second-order valence-electron chi connectivity index (χ2n) is 8.80. The number of nitrogens with one attached hydrogen (secondary N) is 1. The highest BCUT2D eigenvalue weighted by atomic mass is 16.5. The lowest BCUT2D eigenvalue weighted by Crippen LogP contribution is -2.28. The van der Waals surface area contributed by atoms with Crippen molar-refractivity contribution in [3.05, 3.63) is 54.4 Å². The first-order valence-electron chi connectivity index (χ1n) is 12.0. The van der Waals surface area contributed by atoms with E-state index in [0.717, 1.165) is 54.5 Å². The number of carbonyl (C=O) groups is 2. The van der Waals surface area contributed by atoms with E-state index in [4.69, 9.17) is 4.74 Å². The van der Waals surface area contributed by atoms with Gasteiger partial charge in [-0.25, -0.2) is 0 Å². The van der Waals surface area contributed by atoms with Gasteiger partial charge < -0.3 is 19.5 Å². The van der Waals surface area contributed by atoms with Crippen molar-refractivity contribution in [1.82, 2.24) is 14.8 Å². The zero-order valence-electron chi connectivity index (χ0n) is 19.4. The summed E-state index contributed by atoms with van der Waals surface area (Å²) in [5.74, 6) is 2.09. The van der Waals surface area contributed by atoms with Gasteiger partial charge in [-0.2, -0.15) is 0 Å². The Hall–Kier alpha value is -3.68. The van der Waals surface area contributed by atoms with Gasteiger partial charge in [-0.05, 0) is 68.3 Å². The molecule has 0 saturated carbocycles. The van der Waals surface area contributed by atoms with E-state index in [2.05, 4.69) is 20.1 Å². The second-order valence-corrected chi connectivity index (χ2v) is 8.80. The highest BCUT2D eigenvalue weighted by Gasteiger charge is 2.35. The number of aryl methyl sites for hydroxylation is 1. The van der Waals surface area contributed by atoms with Crippen molar-refractivity contribution in [2.24, 2.45) is 5.92 Å². The molecule has 8 nitrogen and oxygen atoms in total. The van der Waals surface area contributed by atoms with Crippen LogP contribution in [-0.4, -0.2) is 39.7 Å². The number of hydrogen-bond donors (Lipinski definition) is 1. The number of carbonyl (C=O) groups excluding carboxylic acids is 2. The molecular formula is C26H29N5O3. The van der Waals surface area contributed by atoms with E-state index in [1.807, 2.05) is 55.5 Å². The maximum atomic E-state index is 12.9. The Morgan fingerprint density at radius 3 is 2.62 bits per heavy atom. The number of ether oxygens (including phenoxy) is 1. The van der Waals surface area contributed by atoms with Gasteiger partial charge in [0.15, 0.2) is 5.82 Å². The third-order valence-corrected chi connectivity index (χ3v) is 6.48. The molecule has 1 aromatic heterocycles. The minimum absolute atomic E-state index is 0.0489. The van der Waals surface area contributed by atoms with Crippen molar-refractivity contribution in [3.63, 3.8) is 0 Å². The highest BCUT2D eigenvalue weighted by Crippen LogP contribution is 2.28. The number of amides is 2. The van der Waals surface area contributed by atoms with E-state index < -0.39 is 5.92 Å². The first-order chi connectivity index (χ1) is 16.6. The number of benzene rings is 2. The van der Waals surface area contributed by atoms with E-state index in [9.17, 15) is 9.59 Å². The van der Waals surface area contributed by atoms with Gasteiger partial charge in [0.25, 0.3) is 0 Å². The van der Waals surface area contributed by atoms with Crippen LogP contribution in [0.5, 0.6) is 5.75 Å². The average Bonchev–Trinajstić information content (AvgIpc) is 3.36. The quantitative estimate of drug-likeness (QED) is 0.600. The monoisotopic (exact) mass is 459 g/mol. The topological polar surface area (TPSA) is 89.3 Å². The van der Waals surface area contributed by atoms with Crippen LogP contribution >= 0.6 is 0 Å². The molecule has 34 heavy (non-hydrogen) atoms. The molecule has 1 saturated heterocycles. The van der Waals surface area contributed by atoms with Crippen LogP contribution in [0.25, 0.3) is 11.4 Å². The summed E-state index contributed by atoms with van der Waals surface area (Å²) < 4.78 is 7.67. The number of fused-ring (bicyclic) bond motifs is 1. The minimum Gasteiger partial charge on any atom is -0.494 e. The molecule has 0 unspecified atom stereocenters. The molecule has 176 valence electrons. The van der Waals surface area contributed by atoms with E-state index in [1.54, 1.807) is 4.90 Å². The predicted molar refractivity (Wildman–Crippen MR) is 130 cm³/mol. The summed E-state index contributed by atoms with van der Waals surface area (Å²) in [7, 11) is 0. The van der Waals surface area contributed by atoms with Crippen molar-refractivity contribution >= 4 is 23.2 Å². The average molecular weight is 460 g/mol. The molecule has 2 aliphatic rings. The van der Waals surface area contributed by atoms with Crippen LogP contribution in [0, 0.1) is 5.92 Å². The molecular weight excluding hydrogens is 430 g/mol. The molecule has 2 aromatic carbocycles. The number of hydrogen-bond acceptors (Lipinski definition) is 5. The molecule has 5 rings (SSSR count). The first-order valence-corrected chi connectivity index (χ1v) is 12.0. The molecule has 1 fully saturated rings. The molecule has 2 aliphatic heterocycles. The summed E-state index contributed by atoms with van der Waals surface area (Å²) in [6.07, 6.45) is 4.67. The third kappa shape index (κ3) is 4.53. The number of aromatic nitrogens is 3. The predicted octanol–water partition coefficient (Wildman–Crippen LogP) is 4.06. The van der Waals surface area contributed by atoms with Crippen molar-refractivity contribution in [2.45, 2.75) is 45.6 Å². The van der Waals surface area contributed by atoms with Gasteiger partial charge in [0.1, 0.15) is 11.6 Å². The zero-order valence-corrected chi connectivity index (χ0v) is 19.4. The molecule has 0 spiro atoms. The zero-order chi connectivity index (χ0) is 23.5. The van der Waals surface area contributed by atoms with Crippen LogP contribution < -0.4 is 15.0 Å². The lowest BCUT2D eigenvalue weighted by atomic mass is 10.1. The van der Waals surface area contributed by atoms with Crippen LogP contribution in [0.3, 0.4) is 0 Å². The van der Waals surface area contributed by atoms with Crippen molar-refractivity contribution in [2.75, 3.05) is 23.4 Å². The molecule has 1 N–H and O–H groups in total. The highest BCUT2D eigenvalue weighted by molar-refractivity contribution is 6.03. The number of nitrogens with zero attached hydrogens (tertiary/aromatic N) is 4. The molecule has 0 aliphatic carbocycles. The Morgan fingerprint density at radius 2 is 1.85 bits per heavy atom. The van der Waals surface area contributed by atoms with Gasteiger partial charge >= 0.3 is 0 Å². The van der Waals surface area contributed by atoms with Gasteiger partial charge in [0.05, 0.1) is 12.5 Å². The van der Waals surface area contributed by atoms with Gasteiger partial charge in [-0.1, -0.05) is 6.42 Å². The molecule has 3 aromatic rings. The third-order valence-electron chi connectivity index (χ3n) is 6.48. The lowest BCUT2D eigenvalue weighted by Gasteiger charge is -2.17. The lowest BCUT2D eigenvalue weighted by molar-refractivity contribution is -0.122. The molecule has 2 amide bonds. The standard InChI is InChI=1S/C26H29N5O3/c1-2-34-22-13-11-21(12-14-22)31-17-19(16-24(31)32)26(33)27-20-9-7-18(8-10-20)25-29-28-23-6-4-3-5-15-30(23)25/h7-14,19H,2-6,15-17H2,1H3,(H,27,33)/t19-/m1/s1. The normalized spacial score (nSPS) is 17.9. The van der Waals surface area contributed by atoms with Crippen molar-refractivity contribution in [1.29, 1.82) is 0 Å². The Morgan fingerprint density at radius 1 is 1.06 bits per heavy atom. The van der Waals surface area contributed by atoms with Crippen LogP contribution in [-0.2, 0) is 22.6 Å². The Balaban J connectivity index is 1.23. The first kappa shape index (κ1) is 22.1. The Kier molecular flexibility index (Phi) is 6.29. The van der Waals surface area contributed by atoms with Gasteiger partial charge in [-0.15, -0.1) is 10.2 Å². The maximum Gasteiger partial charge on any atom is 0.229 e. The van der Waals surface area contributed by atoms with Crippen molar-refractivity contribution in [3.8, 4) is 17.1 Å². The Labute approximate surface area is 198 Å². The maximum absolute atomic E-state index is 12.9. The SMILES string of the molecule is CCOc1ccc(N2C[C@H](C(=O)Nc3ccc(-c4nnc5n4CCCCC5)cc3)CC2=O)cc1. The second kappa shape index (κ2) is 9.67. The smallest absolute Gasteiger partial charge is 0.229 e. The molecule has 0 radical (unpaired) electrons. The van der Waals surface area contributed by atoms with Crippen LogP contribution in [0.1, 0.15) is 38.4 Å². The molecule has 0 bridgehead atoms. The van der Waals surface area contributed by atoms with Crippen LogP contribution in [0.15, 0.2) is 48.5 Å². The number of rotatable bonds is 6. The fourth-order valence-corrected chi connectivity index (χ4v) is 4.67. The Bertz CT molecular complexity index is 1170. The fourth-order valence-electron chi connectivity index (χ4n) is 4.67. The van der Waals surface area contributed by atoms with Gasteiger partial charge in [0.2, 0.25) is 11.8 Å². The molecule has 3 heterocycles. The minimum atomic E-state index is -0.397. The summed E-state index contributed by atoms with van der Waals surface area (Å²) in [6.45, 7) is 3.82. The summed E-state index contributed by atoms with van der Waals surface area (Å²) in [5, 5.41) is 11.7. The van der Waals surface area contributed by atoms with Gasteiger partial charge in [-0.3, -0.25) is 9.59 Å².